The highest BCUT2D eigenvalue weighted by Gasteiger charge is 2.57. The Kier molecular flexibility index (Phi) is 4.39. The van der Waals surface area contributed by atoms with Gasteiger partial charge < -0.3 is 9.84 Å². The lowest BCUT2D eigenvalue weighted by Crippen LogP contribution is -2.34. The smallest absolute Gasteiger partial charge is 0.404 e. The second kappa shape index (κ2) is 5.98. The van der Waals surface area contributed by atoms with Gasteiger partial charge in [0.25, 0.3) is 0 Å². The first-order chi connectivity index (χ1) is 10.6. The molecule has 0 unspecified atom stereocenters. The highest BCUT2D eigenvalue weighted by atomic mass is 19.4. The Bertz CT molecular complexity index is 635. The van der Waals surface area contributed by atoms with E-state index in [0.717, 1.165) is 18.3 Å². The van der Waals surface area contributed by atoms with Crippen molar-refractivity contribution in [1.82, 2.24) is 4.98 Å². The minimum absolute atomic E-state index is 0.00930. The Morgan fingerprint density at radius 1 is 0.870 bits per heavy atom. The van der Waals surface area contributed by atoms with Crippen LogP contribution in [0.5, 0.6) is 17.4 Å². The van der Waals surface area contributed by atoms with Gasteiger partial charge in [0.2, 0.25) is 5.88 Å². The van der Waals surface area contributed by atoms with Crippen LogP contribution in [0.15, 0.2) is 42.6 Å². The molecule has 0 bridgehead atoms. The summed E-state index contributed by atoms with van der Waals surface area (Å²) in [5.41, 5.74) is -0.934. The maximum atomic E-state index is 12.6. The fourth-order valence-electron chi connectivity index (χ4n) is 1.85. The highest BCUT2D eigenvalue weighted by molar-refractivity contribution is 5.34. The van der Waals surface area contributed by atoms with Crippen molar-refractivity contribution in [3.05, 3.63) is 48.2 Å². The Hall–Kier alpha value is -2.45. The quantitative estimate of drug-likeness (QED) is 0.819. The van der Waals surface area contributed by atoms with Crippen molar-refractivity contribution >= 4 is 0 Å². The summed E-state index contributed by atoms with van der Waals surface area (Å²) in [6.45, 7) is 0. The van der Waals surface area contributed by atoms with Crippen molar-refractivity contribution in [2.75, 3.05) is 0 Å². The minimum atomic E-state index is -5.45. The van der Waals surface area contributed by atoms with E-state index >= 15 is 0 Å². The summed E-state index contributed by atoms with van der Waals surface area (Å²) in [7, 11) is 0. The van der Waals surface area contributed by atoms with Gasteiger partial charge in [-0.1, -0.05) is 12.1 Å². The van der Waals surface area contributed by atoms with Gasteiger partial charge in [-0.15, -0.1) is 0 Å². The first kappa shape index (κ1) is 16.9. The van der Waals surface area contributed by atoms with E-state index in [4.69, 9.17) is 9.84 Å². The molecule has 0 radical (unpaired) electrons. The molecule has 0 amide bonds. The third kappa shape index (κ3) is 4.27. The molecular weight excluding hydrogens is 328 g/mol. The number of alkyl halides is 6. The minimum Gasteiger partial charge on any atom is -0.506 e. The molecule has 0 aliphatic carbocycles. The van der Waals surface area contributed by atoms with Crippen LogP contribution in [0, 0.1) is 0 Å². The van der Waals surface area contributed by atoms with Crippen molar-refractivity contribution < 1.29 is 36.2 Å². The van der Waals surface area contributed by atoms with Gasteiger partial charge in [-0.2, -0.15) is 26.3 Å². The van der Waals surface area contributed by atoms with Crippen LogP contribution in [0.3, 0.4) is 0 Å². The SMILES string of the molecule is Oc1ccc(Oc2ccc(C(C(F)(F)F)C(F)(F)F)cc2)nc1. The predicted octanol–water partition coefficient (Wildman–Crippen LogP) is 4.79. The standard InChI is InChI=1S/C14H9F6NO2/c15-13(16,17)12(14(18,19)20)8-1-4-10(5-2-8)23-11-6-3-9(22)7-21-11/h1-7,12,22H. The van der Waals surface area contributed by atoms with Crippen LogP contribution in [0.4, 0.5) is 26.3 Å². The number of aromatic nitrogens is 1. The molecule has 0 fully saturated rings. The van der Waals surface area contributed by atoms with E-state index in [1.54, 1.807) is 0 Å². The molecule has 124 valence electrons. The van der Waals surface area contributed by atoms with Gasteiger partial charge in [0.05, 0.1) is 6.20 Å². The second-order valence-electron chi connectivity index (χ2n) is 4.54. The Morgan fingerprint density at radius 2 is 1.43 bits per heavy atom. The number of hydrogen-bond donors (Lipinski definition) is 1. The third-order valence-corrected chi connectivity index (χ3v) is 2.81. The number of ether oxygens (including phenoxy) is 1. The van der Waals surface area contributed by atoms with Gasteiger partial charge in [0.1, 0.15) is 11.5 Å². The molecule has 0 saturated carbocycles. The molecule has 2 aromatic rings. The number of benzene rings is 1. The lowest BCUT2D eigenvalue weighted by Gasteiger charge is -2.23. The fourth-order valence-corrected chi connectivity index (χ4v) is 1.85. The summed E-state index contributed by atoms with van der Waals surface area (Å²) in [4.78, 5) is 3.68. The van der Waals surface area contributed by atoms with Crippen LogP contribution in [0.1, 0.15) is 11.5 Å². The van der Waals surface area contributed by atoms with Crippen LogP contribution in [0.2, 0.25) is 0 Å². The van der Waals surface area contributed by atoms with Gasteiger partial charge in [-0.3, -0.25) is 0 Å². The molecule has 1 heterocycles. The van der Waals surface area contributed by atoms with Gasteiger partial charge in [0.15, 0.2) is 5.92 Å². The van der Waals surface area contributed by atoms with E-state index in [9.17, 15) is 26.3 Å². The number of hydrogen-bond acceptors (Lipinski definition) is 3. The van der Waals surface area contributed by atoms with E-state index in [1.807, 2.05) is 0 Å². The summed E-state index contributed by atoms with van der Waals surface area (Å²) in [5, 5.41) is 9.04. The molecule has 3 nitrogen and oxygen atoms in total. The largest absolute Gasteiger partial charge is 0.506 e. The zero-order valence-corrected chi connectivity index (χ0v) is 11.2. The van der Waals surface area contributed by atoms with Gasteiger partial charge in [-0.05, 0) is 23.8 Å². The topological polar surface area (TPSA) is 42.4 Å². The van der Waals surface area contributed by atoms with Crippen LogP contribution in [-0.4, -0.2) is 22.4 Å². The Labute approximate surface area is 126 Å². The van der Waals surface area contributed by atoms with E-state index < -0.39 is 23.8 Å². The number of rotatable bonds is 3. The normalized spacial score (nSPS) is 12.5. The molecule has 0 spiro atoms. The van der Waals surface area contributed by atoms with E-state index in [-0.39, 0.29) is 17.4 Å². The first-order valence-electron chi connectivity index (χ1n) is 6.13. The summed E-state index contributed by atoms with van der Waals surface area (Å²) in [6, 6.07) is 5.91. The first-order valence-corrected chi connectivity index (χ1v) is 6.13. The van der Waals surface area contributed by atoms with Crippen LogP contribution in [0.25, 0.3) is 0 Å². The molecule has 0 aliphatic rings. The van der Waals surface area contributed by atoms with Crippen LogP contribution < -0.4 is 4.74 Å². The number of aromatic hydroxyl groups is 1. The zero-order valence-electron chi connectivity index (χ0n) is 11.2. The fraction of sp³-hybridized carbons (Fsp3) is 0.214. The van der Waals surface area contributed by atoms with Crippen molar-refractivity contribution in [3.63, 3.8) is 0 Å². The van der Waals surface area contributed by atoms with Crippen LogP contribution in [-0.2, 0) is 0 Å². The summed E-state index contributed by atoms with van der Waals surface area (Å²) < 4.78 is 80.8. The summed E-state index contributed by atoms with van der Waals surface area (Å²) in [6.07, 6.45) is -9.81. The maximum absolute atomic E-state index is 12.6. The predicted molar refractivity (Wildman–Crippen MR) is 67.3 cm³/mol. The van der Waals surface area contributed by atoms with Gasteiger partial charge in [-0.25, -0.2) is 4.98 Å². The third-order valence-electron chi connectivity index (χ3n) is 2.81. The van der Waals surface area contributed by atoms with Gasteiger partial charge >= 0.3 is 12.4 Å². The summed E-state index contributed by atoms with van der Waals surface area (Å²) in [5.74, 6) is -3.64. The number of nitrogens with zero attached hydrogens (tertiary/aromatic N) is 1. The zero-order chi connectivity index (χ0) is 17.3. The van der Waals surface area contributed by atoms with Crippen molar-refractivity contribution in [3.8, 4) is 17.4 Å². The van der Waals surface area contributed by atoms with Crippen LogP contribution >= 0.6 is 0 Å². The Balaban J connectivity index is 2.22. The van der Waals surface area contributed by atoms with Crippen molar-refractivity contribution in [2.45, 2.75) is 18.3 Å². The molecule has 0 aliphatic heterocycles. The Morgan fingerprint density at radius 3 is 1.87 bits per heavy atom. The lowest BCUT2D eigenvalue weighted by molar-refractivity contribution is -0.253. The molecule has 9 heteroatoms. The lowest BCUT2D eigenvalue weighted by atomic mass is 9.98. The van der Waals surface area contributed by atoms with Crippen molar-refractivity contribution in [2.24, 2.45) is 0 Å². The van der Waals surface area contributed by atoms with Crippen molar-refractivity contribution in [1.29, 1.82) is 0 Å². The molecule has 1 aromatic heterocycles. The average molecular weight is 337 g/mol. The van der Waals surface area contributed by atoms with E-state index in [1.165, 1.54) is 12.1 Å². The molecule has 0 atom stereocenters. The molecule has 0 saturated heterocycles. The molecule has 23 heavy (non-hydrogen) atoms. The second-order valence-corrected chi connectivity index (χ2v) is 4.54. The molecule has 2 rings (SSSR count). The average Bonchev–Trinajstić information content (AvgIpc) is 2.40. The van der Waals surface area contributed by atoms with E-state index in [2.05, 4.69) is 4.98 Å². The number of halogens is 6. The molecular formula is C14H9F6NO2. The molecule has 1 aromatic carbocycles. The number of pyridine rings is 1. The molecule has 1 N–H and O–H groups in total. The van der Waals surface area contributed by atoms with E-state index in [0.29, 0.717) is 12.1 Å². The van der Waals surface area contributed by atoms with Gasteiger partial charge in [0, 0.05) is 6.07 Å². The highest BCUT2D eigenvalue weighted by Crippen LogP contribution is 2.46. The maximum Gasteiger partial charge on any atom is 0.404 e. The monoisotopic (exact) mass is 337 g/mol. The summed E-state index contributed by atoms with van der Waals surface area (Å²) >= 11 is 0.